The summed E-state index contributed by atoms with van der Waals surface area (Å²) in [4.78, 5) is 1.26. The molecule has 0 N–H and O–H groups in total. The van der Waals surface area contributed by atoms with Crippen molar-refractivity contribution < 1.29 is 26.3 Å². The quantitative estimate of drug-likeness (QED) is 0.291. The predicted octanol–water partition coefficient (Wildman–Crippen LogP) is 5.15. The van der Waals surface area contributed by atoms with Crippen LogP contribution in [-0.2, 0) is 0 Å². The van der Waals surface area contributed by atoms with Crippen LogP contribution in [0, 0.1) is 0 Å². The van der Waals surface area contributed by atoms with Crippen molar-refractivity contribution in [2.24, 2.45) is 0 Å². The Morgan fingerprint density at radius 1 is 0.650 bits per heavy atom. The molecule has 1 nitrogen and oxygen atoms in total. The lowest BCUT2D eigenvalue weighted by molar-refractivity contribution is -0.145. The molecule has 0 rings (SSSR count). The molecule has 0 saturated carbocycles. The molecule has 0 atom stereocenters. The van der Waals surface area contributed by atoms with Crippen LogP contribution in [0.25, 0.3) is 0 Å². The van der Waals surface area contributed by atoms with Crippen molar-refractivity contribution in [2.75, 3.05) is 25.0 Å². The molecule has 0 bridgehead atoms. The van der Waals surface area contributed by atoms with E-state index in [2.05, 4.69) is 15.9 Å². The van der Waals surface area contributed by atoms with Crippen molar-refractivity contribution in [1.82, 2.24) is 4.90 Å². The van der Waals surface area contributed by atoms with Gasteiger partial charge in [-0.15, -0.1) is 0 Å². The molecule has 0 aromatic carbocycles. The second-order valence-electron chi connectivity index (χ2n) is 4.68. The SMILES string of the molecule is FC(F)(F)CCN(CCCCCCBr)CCC(F)(F)F. The maximum Gasteiger partial charge on any atom is 0.390 e. The van der Waals surface area contributed by atoms with Gasteiger partial charge >= 0.3 is 12.4 Å². The van der Waals surface area contributed by atoms with Crippen molar-refractivity contribution in [3.05, 3.63) is 0 Å². The molecule has 0 saturated heterocycles. The second kappa shape index (κ2) is 9.87. The zero-order valence-electron chi connectivity index (χ0n) is 11.2. The van der Waals surface area contributed by atoms with Gasteiger partial charge in [-0.3, -0.25) is 0 Å². The number of rotatable bonds is 10. The minimum absolute atomic E-state index is 0.286. The fraction of sp³-hybridized carbons (Fsp3) is 1.00. The van der Waals surface area contributed by atoms with E-state index in [-0.39, 0.29) is 19.6 Å². The van der Waals surface area contributed by atoms with Crippen molar-refractivity contribution in [2.45, 2.75) is 50.9 Å². The Balaban J connectivity index is 4.04. The zero-order valence-corrected chi connectivity index (χ0v) is 12.8. The molecular weight excluding hydrogens is 352 g/mol. The van der Waals surface area contributed by atoms with Crippen LogP contribution >= 0.6 is 15.9 Å². The third-order valence-electron chi connectivity index (χ3n) is 2.78. The van der Waals surface area contributed by atoms with Gasteiger partial charge in [0.1, 0.15) is 0 Å². The van der Waals surface area contributed by atoms with Gasteiger partial charge in [0.2, 0.25) is 0 Å². The van der Waals surface area contributed by atoms with Crippen molar-refractivity contribution in [1.29, 1.82) is 0 Å². The number of nitrogens with zero attached hydrogens (tertiary/aromatic N) is 1. The average molecular weight is 372 g/mol. The highest BCUT2D eigenvalue weighted by Gasteiger charge is 2.30. The Labute approximate surface area is 123 Å². The third-order valence-corrected chi connectivity index (χ3v) is 3.34. The fourth-order valence-electron chi connectivity index (χ4n) is 1.69. The maximum absolute atomic E-state index is 12.1. The Bertz CT molecular complexity index is 223. The molecule has 0 aliphatic carbocycles. The van der Waals surface area contributed by atoms with Gasteiger partial charge in [0.25, 0.3) is 0 Å². The Kier molecular flexibility index (Phi) is 9.88. The lowest BCUT2D eigenvalue weighted by Gasteiger charge is -2.23. The van der Waals surface area contributed by atoms with Gasteiger partial charge in [0.15, 0.2) is 0 Å². The summed E-state index contributed by atoms with van der Waals surface area (Å²) in [5, 5.41) is 0.860. The Hall–Kier alpha value is 0.0200. The van der Waals surface area contributed by atoms with E-state index in [4.69, 9.17) is 0 Å². The first kappa shape index (κ1) is 20.0. The highest BCUT2D eigenvalue weighted by atomic mass is 79.9. The first-order valence-electron chi connectivity index (χ1n) is 6.56. The summed E-state index contributed by atoms with van der Waals surface area (Å²) in [6.45, 7) is -0.440. The van der Waals surface area contributed by atoms with E-state index >= 15 is 0 Å². The summed E-state index contributed by atoms with van der Waals surface area (Å²) >= 11 is 3.26. The normalized spacial score (nSPS) is 13.2. The third kappa shape index (κ3) is 14.4. The Morgan fingerprint density at radius 2 is 1.10 bits per heavy atom. The molecule has 0 fully saturated rings. The van der Waals surface area contributed by atoms with Gasteiger partial charge < -0.3 is 4.90 Å². The first-order chi connectivity index (χ1) is 9.14. The maximum atomic E-state index is 12.1. The van der Waals surface area contributed by atoms with E-state index in [1.165, 1.54) is 4.90 Å². The zero-order chi connectivity index (χ0) is 15.6. The fourth-order valence-corrected chi connectivity index (χ4v) is 2.09. The van der Waals surface area contributed by atoms with Crippen LogP contribution in [0.2, 0.25) is 0 Å². The van der Waals surface area contributed by atoms with Gasteiger partial charge in [-0.1, -0.05) is 28.8 Å². The van der Waals surface area contributed by atoms with Gasteiger partial charge in [-0.05, 0) is 19.4 Å². The molecule has 20 heavy (non-hydrogen) atoms. The van der Waals surface area contributed by atoms with Crippen molar-refractivity contribution >= 4 is 15.9 Å². The molecule has 0 amide bonds. The number of hydrogen-bond acceptors (Lipinski definition) is 1. The van der Waals surface area contributed by atoms with Crippen LogP contribution in [0.4, 0.5) is 26.3 Å². The molecule has 0 radical (unpaired) electrons. The molecule has 0 unspecified atom stereocenters. The van der Waals surface area contributed by atoms with Crippen LogP contribution < -0.4 is 0 Å². The summed E-state index contributed by atoms with van der Waals surface area (Å²) in [6.07, 6.45) is -7.44. The molecule has 122 valence electrons. The highest BCUT2D eigenvalue weighted by molar-refractivity contribution is 9.09. The van der Waals surface area contributed by atoms with E-state index in [1.807, 2.05) is 0 Å². The van der Waals surface area contributed by atoms with Crippen molar-refractivity contribution in [3.63, 3.8) is 0 Å². The summed E-state index contributed by atoms with van der Waals surface area (Å²) in [5.74, 6) is 0. The number of hydrogen-bond donors (Lipinski definition) is 0. The highest BCUT2D eigenvalue weighted by Crippen LogP contribution is 2.22. The van der Waals surface area contributed by atoms with Gasteiger partial charge in [0, 0.05) is 18.4 Å². The van der Waals surface area contributed by atoms with Crippen LogP contribution in [-0.4, -0.2) is 42.2 Å². The summed E-state index contributed by atoms with van der Waals surface area (Å²) in [5.41, 5.74) is 0. The topological polar surface area (TPSA) is 3.24 Å². The molecule has 0 heterocycles. The van der Waals surface area contributed by atoms with Crippen LogP contribution in [0.15, 0.2) is 0 Å². The van der Waals surface area contributed by atoms with Crippen LogP contribution in [0.3, 0.4) is 0 Å². The number of unbranched alkanes of at least 4 members (excludes halogenated alkanes) is 3. The lowest BCUT2D eigenvalue weighted by Crippen LogP contribution is -2.32. The molecule has 0 aromatic heterocycles. The van der Waals surface area contributed by atoms with Crippen molar-refractivity contribution in [3.8, 4) is 0 Å². The van der Waals surface area contributed by atoms with E-state index in [1.54, 1.807) is 0 Å². The van der Waals surface area contributed by atoms with E-state index < -0.39 is 25.2 Å². The summed E-state index contributed by atoms with van der Waals surface area (Å²) in [6, 6.07) is 0. The van der Waals surface area contributed by atoms with Gasteiger partial charge in [0.05, 0.1) is 12.8 Å². The molecule has 0 aliphatic heterocycles. The molecule has 0 aliphatic rings. The number of alkyl halides is 7. The minimum Gasteiger partial charge on any atom is -0.303 e. The molecule has 0 aromatic rings. The predicted molar refractivity (Wildman–Crippen MR) is 70.0 cm³/mol. The van der Waals surface area contributed by atoms with E-state index in [0.717, 1.165) is 24.6 Å². The molecule has 8 heteroatoms. The second-order valence-corrected chi connectivity index (χ2v) is 5.47. The smallest absolute Gasteiger partial charge is 0.303 e. The standard InChI is InChI=1S/C12H20BrF6N/c13-7-3-1-2-4-8-20(9-5-11(14,15)16)10-6-12(17,18)19/h1-10H2. The van der Waals surface area contributed by atoms with Crippen LogP contribution in [0.5, 0.6) is 0 Å². The van der Waals surface area contributed by atoms with Gasteiger partial charge in [-0.2, -0.15) is 26.3 Å². The van der Waals surface area contributed by atoms with E-state index in [0.29, 0.717) is 6.42 Å². The lowest BCUT2D eigenvalue weighted by atomic mass is 10.2. The monoisotopic (exact) mass is 371 g/mol. The van der Waals surface area contributed by atoms with Gasteiger partial charge in [-0.25, -0.2) is 0 Å². The number of halogens is 7. The van der Waals surface area contributed by atoms with E-state index in [9.17, 15) is 26.3 Å². The molecule has 0 spiro atoms. The first-order valence-corrected chi connectivity index (χ1v) is 7.68. The minimum atomic E-state index is -4.33. The van der Waals surface area contributed by atoms with Crippen LogP contribution in [0.1, 0.15) is 38.5 Å². The average Bonchev–Trinajstić information content (AvgIpc) is 2.29. The summed E-state index contributed by atoms with van der Waals surface area (Å²) < 4.78 is 72.7. The summed E-state index contributed by atoms with van der Waals surface area (Å²) in [7, 11) is 0. The largest absolute Gasteiger partial charge is 0.390 e. The molecular formula is C12H20BrF6N. The Morgan fingerprint density at radius 3 is 1.50 bits per heavy atom.